The van der Waals surface area contributed by atoms with Crippen molar-refractivity contribution in [2.75, 3.05) is 31.2 Å². The minimum Gasteiger partial charge on any atom is -0.494 e. The molecule has 1 fully saturated rings. The molecule has 26 heavy (non-hydrogen) atoms. The molecule has 148 valence electrons. The summed E-state index contributed by atoms with van der Waals surface area (Å²) >= 11 is 0. The number of ether oxygens (including phenoxy) is 1. The molecule has 0 amide bonds. The minimum atomic E-state index is -3.37. The van der Waals surface area contributed by atoms with Crippen LogP contribution in [0.25, 0.3) is 0 Å². The normalized spacial score (nSPS) is 17.5. The first-order chi connectivity index (χ1) is 12.2. The van der Waals surface area contributed by atoms with Gasteiger partial charge in [0, 0.05) is 13.1 Å². The number of rotatable bonds is 9. The summed E-state index contributed by atoms with van der Waals surface area (Å²) in [6, 6.07) is 9.28. The van der Waals surface area contributed by atoms with Crippen LogP contribution >= 0.6 is 0 Å². The van der Waals surface area contributed by atoms with Gasteiger partial charge in [0.05, 0.1) is 23.4 Å². The van der Waals surface area contributed by atoms with Crippen molar-refractivity contribution >= 4 is 19.9 Å². The molecule has 1 aliphatic rings. The maximum atomic E-state index is 12.5. The number of sulfonamides is 1. The highest BCUT2D eigenvalue weighted by Gasteiger charge is 2.34. The molecule has 1 aromatic rings. The molecule has 0 bridgehead atoms. The van der Waals surface area contributed by atoms with Crippen LogP contribution in [-0.2, 0) is 19.9 Å². The monoisotopic (exact) mass is 403 g/mol. The molecule has 0 aromatic heterocycles. The van der Waals surface area contributed by atoms with Crippen molar-refractivity contribution in [1.29, 1.82) is 0 Å². The SMILES string of the molecule is CC(C)CS(=O)(=O)C1CCN(S(=O)(=O)CCCOc2ccccc2)CC1. The summed E-state index contributed by atoms with van der Waals surface area (Å²) in [7, 11) is -6.52. The number of nitrogens with zero attached hydrogens (tertiary/aromatic N) is 1. The molecule has 0 atom stereocenters. The first kappa shape index (κ1) is 21.2. The van der Waals surface area contributed by atoms with E-state index in [1.54, 1.807) is 0 Å². The Morgan fingerprint density at radius 1 is 1.08 bits per heavy atom. The number of piperidine rings is 1. The molecule has 0 N–H and O–H groups in total. The van der Waals surface area contributed by atoms with E-state index in [1.807, 2.05) is 44.2 Å². The average Bonchev–Trinajstić information content (AvgIpc) is 2.59. The Bertz CT molecular complexity index is 752. The van der Waals surface area contributed by atoms with E-state index in [2.05, 4.69) is 0 Å². The summed E-state index contributed by atoms with van der Waals surface area (Å²) < 4.78 is 56.5. The fraction of sp³-hybridized carbons (Fsp3) is 0.667. The Morgan fingerprint density at radius 3 is 2.27 bits per heavy atom. The van der Waals surface area contributed by atoms with Crippen LogP contribution in [0.1, 0.15) is 33.1 Å². The predicted molar refractivity (Wildman–Crippen MR) is 104 cm³/mol. The lowest BCUT2D eigenvalue weighted by Crippen LogP contribution is -2.44. The third-order valence-electron chi connectivity index (χ3n) is 4.43. The van der Waals surface area contributed by atoms with E-state index in [9.17, 15) is 16.8 Å². The minimum absolute atomic E-state index is 0.0171. The van der Waals surface area contributed by atoms with Gasteiger partial charge in [-0.25, -0.2) is 21.1 Å². The third kappa shape index (κ3) is 6.25. The van der Waals surface area contributed by atoms with Crippen molar-refractivity contribution in [3.8, 4) is 5.75 Å². The summed E-state index contributed by atoms with van der Waals surface area (Å²) in [4.78, 5) is 0. The second-order valence-electron chi connectivity index (χ2n) is 7.15. The van der Waals surface area contributed by atoms with Gasteiger partial charge in [-0.3, -0.25) is 0 Å². The molecule has 6 nitrogen and oxygen atoms in total. The van der Waals surface area contributed by atoms with Gasteiger partial charge in [-0.1, -0.05) is 32.0 Å². The van der Waals surface area contributed by atoms with Gasteiger partial charge in [0.2, 0.25) is 10.0 Å². The van der Waals surface area contributed by atoms with Gasteiger partial charge in [-0.05, 0) is 37.3 Å². The van der Waals surface area contributed by atoms with Crippen molar-refractivity contribution < 1.29 is 21.6 Å². The molecule has 1 saturated heterocycles. The van der Waals surface area contributed by atoms with E-state index in [0.717, 1.165) is 5.75 Å². The Morgan fingerprint density at radius 2 is 1.69 bits per heavy atom. The van der Waals surface area contributed by atoms with E-state index in [-0.39, 0.29) is 30.5 Å². The molecule has 0 aliphatic carbocycles. The van der Waals surface area contributed by atoms with Crippen LogP contribution in [0.3, 0.4) is 0 Å². The molecular formula is C18H29NO5S2. The van der Waals surface area contributed by atoms with Crippen LogP contribution in [0.4, 0.5) is 0 Å². The molecule has 1 aromatic carbocycles. The molecule has 1 aliphatic heterocycles. The predicted octanol–water partition coefficient (Wildman–Crippen LogP) is 2.32. The number of hydrogen-bond donors (Lipinski definition) is 0. The first-order valence-corrected chi connectivity index (χ1v) is 12.4. The van der Waals surface area contributed by atoms with Crippen LogP contribution in [0.15, 0.2) is 30.3 Å². The number of benzene rings is 1. The fourth-order valence-electron chi connectivity index (χ4n) is 3.15. The highest BCUT2D eigenvalue weighted by atomic mass is 32.2. The van der Waals surface area contributed by atoms with Gasteiger partial charge >= 0.3 is 0 Å². The largest absolute Gasteiger partial charge is 0.494 e. The van der Waals surface area contributed by atoms with Gasteiger partial charge in [-0.2, -0.15) is 0 Å². The van der Waals surface area contributed by atoms with Gasteiger partial charge in [0.1, 0.15) is 5.75 Å². The van der Waals surface area contributed by atoms with Crippen molar-refractivity contribution in [2.24, 2.45) is 5.92 Å². The number of hydrogen-bond acceptors (Lipinski definition) is 5. The van der Waals surface area contributed by atoms with Gasteiger partial charge < -0.3 is 4.74 Å². The summed E-state index contributed by atoms with van der Waals surface area (Å²) in [5.41, 5.74) is 0. The van der Waals surface area contributed by atoms with Crippen LogP contribution in [0.2, 0.25) is 0 Å². The molecule has 0 unspecified atom stereocenters. The first-order valence-electron chi connectivity index (χ1n) is 9.08. The van der Waals surface area contributed by atoms with E-state index < -0.39 is 25.1 Å². The average molecular weight is 404 g/mol. The second kappa shape index (κ2) is 9.19. The third-order valence-corrected chi connectivity index (χ3v) is 9.00. The Hall–Kier alpha value is -1.12. The summed E-state index contributed by atoms with van der Waals surface area (Å²) in [5.74, 6) is 0.997. The lowest BCUT2D eigenvalue weighted by atomic mass is 10.2. The zero-order valence-electron chi connectivity index (χ0n) is 15.5. The Kier molecular flexibility index (Phi) is 7.49. The Balaban J connectivity index is 1.78. The molecule has 1 heterocycles. The van der Waals surface area contributed by atoms with Gasteiger partial charge in [0.25, 0.3) is 0 Å². The van der Waals surface area contributed by atoms with Crippen molar-refractivity contribution in [3.05, 3.63) is 30.3 Å². The zero-order valence-corrected chi connectivity index (χ0v) is 17.1. The highest BCUT2D eigenvalue weighted by molar-refractivity contribution is 7.92. The second-order valence-corrected chi connectivity index (χ2v) is 11.6. The number of para-hydroxylation sites is 1. The maximum absolute atomic E-state index is 12.5. The summed E-state index contributed by atoms with van der Waals surface area (Å²) in [6.45, 7) is 4.67. The number of sulfone groups is 1. The van der Waals surface area contributed by atoms with Crippen LogP contribution in [0.5, 0.6) is 5.75 Å². The quantitative estimate of drug-likeness (QED) is 0.591. The molecular weight excluding hydrogens is 374 g/mol. The van der Waals surface area contributed by atoms with E-state index in [0.29, 0.717) is 25.9 Å². The topological polar surface area (TPSA) is 80.8 Å². The van der Waals surface area contributed by atoms with Crippen molar-refractivity contribution in [3.63, 3.8) is 0 Å². The van der Waals surface area contributed by atoms with Gasteiger partial charge in [0.15, 0.2) is 9.84 Å². The molecule has 8 heteroatoms. The molecule has 2 rings (SSSR count). The molecule has 0 radical (unpaired) electrons. The highest BCUT2D eigenvalue weighted by Crippen LogP contribution is 2.22. The summed E-state index contributed by atoms with van der Waals surface area (Å²) in [5, 5.41) is -0.419. The smallest absolute Gasteiger partial charge is 0.214 e. The Labute approximate surface area is 157 Å². The molecule has 0 saturated carbocycles. The van der Waals surface area contributed by atoms with Crippen molar-refractivity contribution in [2.45, 2.75) is 38.4 Å². The fourth-order valence-corrected chi connectivity index (χ4v) is 6.79. The lowest BCUT2D eigenvalue weighted by Gasteiger charge is -2.31. The van der Waals surface area contributed by atoms with Crippen LogP contribution in [-0.4, -0.2) is 57.6 Å². The van der Waals surface area contributed by atoms with E-state index >= 15 is 0 Å². The maximum Gasteiger partial charge on any atom is 0.214 e. The zero-order chi connectivity index (χ0) is 19.2. The van der Waals surface area contributed by atoms with Gasteiger partial charge in [-0.15, -0.1) is 0 Å². The van der Waals surface area contributed by atoms with E-state index in [1.165, 1.54) is 4.31 Å². The standard InChI is InChI=1S/C18H29NO5S2/c1-16(2)15-25(20,21)18-9-11-19(12-10-18)26(22,23)14-6-13-24-17-7-4-3-5-8-17/h3-5,7-8,16,18H,6,9-15H2,1-2H3. The van der Waals surface area contributed by atoms with Crippen molar-refractivity contribution in [1.82, 2.24) is 4.31 Å². The van der Waals surface area contributed by atoms with E-state index in [4.69, 9.17) is 4.74 Å². The van der Waals surface area contributed by atoms with Crippen LogP contribution in [0, 0.1) is 5.92 Å². The summed E-state index contributed by atoms with van der Waals surface area (Å²) in [6.07, 6.45) is 1.17. The lowest BCUT2D eigenvalue weighted by molar-refractivity contribution is 0.312. The van der Waals surface area contributed by atoms with Crippen LogP contribution < -0.4 is 4.74 Å². The molecule has 0 spiro atoms.